The maximum atomic E-state index is 11.7. The minimum Gasteiger partial charge on any atom is -0.321 e. The van der Waals surface area contributed by atoms with Crippen molar-refractivity contribution in [1.82, 2.24) is 9.78 Å². The Morgan fingerprint density at radius 3 is 2.93 bits per heavy atom. The van der Waals surface area contributed by atoms with Gasteiger partial charge in [-0.05, 0) is 6.42 Å². The number of rotatable bonds is 5. The Bertz CT molecular complexity index is 306. The van der Waals surface area contributed by atoms with Crippen LogP contribution in [0, 0.1) is 0 Å². The Balaban J connectivity index is 2.56. The second-order valence-electron chi connectivity index (χ2n) is 3.52. The molecular weight excluding hydrogens is 178 g/mol. The van der Waals surface area contributed by atoms with Gasteiger partial charge in [0.1, 0.15) is 0 Å². The van der Waals surface area contributed by atoms with E-state index in [2.05, 4.69) is 12.0 Å². The van der Waals surface area contributed by atoms with Crippen LogP contribution >= 0.6 is 0 Å². The lowest BCUT2D eigenvalue weighted by Crippen LogP contribution is -2.30. The summed E-state index contributed by atoms with van der Waals surface area (Å²) in [7, 11) is 1.79. The monoisotopic (exact) mass is 195 g/mol. The Labute approximate surface area is 84.1 Å². The summed E-state index contributed by atoms with van der Waals surface area (Å²) in [4.78, 5) is 11.7. The van der Waals surface area contributed by atoms with Gasteiger partial charge in [-0.3, -0.25) is 9.48 Å². The van der Waals surface area contributed by atoms with Gasteiger partial charge in [-0.25, -0.2) is 0 Å². The van der Waals surface area contributed by atoms with Gasteiger partial charge in [0.15, 0.2) is 5.78 Å². The van der Waals surface area contributed by atoms with Crippen LogP contribution in [-0.2, 0) is 7.05 Å². The number of carbonyl (C=O) groups is 1. The fourth-order valence-electron chi connectivity index (χ4n) is 1.32. The minimum absolute atomic E-state index is 0.00782. The molecule has 0 bridgehead atoms. The molecule has 0 saturated heterocycles. The molecule has 14 heavy (non-hydrogen) atoms. The molecule has 1 aromatic rings. The lowest BCUT2D eigenvalue weighted by atomic mass is 10.0. The van der Waals surface area contributed by atoms with Crippen molar-refractivity contribution >= 4 is 5.78 Å². The predicted molar refractivity (Wildman–Crippen MR) is 55.0 cm³/mol. The summed E-state index contributed by atoms with van der Waals surface area (Å²) in [6.07, 6.45) is 6.08. The standard InChI is InChI=1S/C10H17N3O/c1-3-4-5-9(11)10(14)8-6-12-13(2)7-8/h6-7,9H,3-5,11H2,1-2H3. The van der Waals surface area contributed by atoms with Crippen LogP contribution in [0.1, 0.15) is 36.5 Å². The zero-order chi connectivity index (χ0) is 10.6. The lowest BCUT2D eigenvalue weighted by Gasteiger charge is -2.07. The molecular formula is C10H17N3O. The molecule has 4 nitrogen and oxygen atoms in total. The first-order valence-electron chi connectivity index (χ1n) is 4.93. The summed E-state index contributed by atoms with van der Waals surface area (Å²) in [5.41, 5.74) is 6.37. The SMILES string of the molecule is CCCCC(N)C(=O)c1cnn(C)c1. The summed E-state index contributed by atoms with van der Waals surface area (Å²) in [6, 6.07) is -0.376. The quantitative estimate of drug-likeness (QED) is 0.716. The maximum absolute atomic E-state index is 11.7. The first-order chi connectivity index (χ1) is 6.65. The number of Topliss-reactive ketones (excluding diaryl/α,β-unsaturated/α-hetero) is 1. The second-order valence-corrected chi connectivity index (χ2v) is 3.52. The molecule has 1 rings (SSSR count). The molecule has 0 aliphatic rings. The molecule has 0 fully saturated rings. The molecule has 0 saturated carbocycles. The van der Waals surface area contributed by atoms with Crippen LogP contribution in [0.25, 0.3) is 0 Å². The smallest absolute Gasteiger partial charge is 0.182 e. The number of aryl methyl sites for hydroxylation is 1. The Hall–Kier alpha value is -1.16. The van der Waals surface area contributed by atoms with E-state index in [1.54, 1.807) is 24.1 Å². The Morgan fingerprint density at radius 1 is 1.71 bits per heavy atom. The number of hydrogen-bond acceptors (Lipinski definition) is 3. The number of hydrogen-bond donors (Lipinski definition) is 1. The van der Waals surface area contributed by atoms with Crippen LogP contribution in [0.2, 0.25) is 0 Å². The molecule has 0 amide bonds. The van der Waals surface area contributed by atoms with Crippen LogP contribution in [0.4, 0.5) is 0 Å². The van der Waals surface area contributed by atoms with Gasteiger partial charge in [0.05, 0.1) is 17.8 Å². The van der Waals surface area contributed by atoms with E-state index in [4.69, 9.17) is 5.73 Å². The summed E-state index contributed by atoms with van der Waals surface area (Å²) >= 11 is 0. The van der Waals surface area contributed by atoms with Crippen molar-refractivity contribution in [3.8, 4) is 0 Å². The molecule has 1 atom stereocenters. The van der Waals surface area contributed by atoms with E-state index in [1.165, 1.54) is 0 Å². The topological polar surface area (TPSA) is 60.9 Å². The normalized spacial score (nSPS) is 12.8. The molecule has 2 N–H and O–H groups in total. The van der Waals surface area contributed by atoms with Gasteiger partial charge in [-0.15, -0.1) is 0 Å². The highest BCUT2D eigenvalue weighted by Gasteiger charge is 2.16. The number of carbonyl (C=O) groups excluding carboxylic acids is 1. The van der Waals surface area contributed by atoms with E-state index in [0.29, 0.717) is 5.56 Å². The molecule has 1 heterocycles. The zero-order valence-corrected chi connectivity index (χ0v) is 8.73. The first kappa shape index (κ1) is 10.9. The van der Waals surface area contributed by atoms with Crippen molar-refractivity contribution in [1.29, 1.82) is 0 Å². The van der Waals surface area contributed by atoms with Gasteiger partial charge in [-0.2, -0.15) is 5.10 Å². The lowest BCUT2D eigenvalue weighted by molar-refractivity contribution is 0.0956. The van der Waals surface area contributed by atoms with Gasteiger partial charge in [0, 0.05) is 13.2 Å². The van der Waals surface area contributed by atoms with Gasteiger partial charge < -0.3 is 5.73 Å². The summed E-state index contributed by atoms with van der Waals surface area (Å²) < 4.78 is 1.61. The highest BCUT2D eigenvalue weighted by molar-refractivity contribution is 5.99. The third kappa shape index (κ3) is 2.67. The summed E-state index contributed by atoms with van der Waals surface area (Å²) in [5, 5.41) is 3.94. The predicted octanol–water partition coefficient (Wildman–Crippen LogP) is 1.12. The molecule has 4 heteroatoms. The number of unbranched alkanes of at least 4 members (excludes halogenated alkanes) is 1. The fraction of sp³-hybridized carbons (Fsp3) is 0.600. The number of nitrogens with zero attached hydrogens (tertiary/aromatic N) is 2. The molecule has 0 aliphatic carbocycles. The second kappa shape index (κ2) is 4.91. The van der Waals surface area contributed by atoms with Gasteiger partial charge in [-0.1, -0.05) is 19.8 Å². The third-order valence-electron chi connectivity index (χ3n) is 2.19. The molecule has 78 valence electrons. The van der Waals surface area contributed by atoms with Crippen LogP contribution < -0.4 is 5.73 Å². The van der Waals surface area contributed by atoms with E-state index in [0.717, 1.165) is 19.3 Å². The van der Waals surface area contributed by atoms with Crippen molar-refractivity contribution in [3.63, 3.8) is 0 Å². The highest BCUT2D eigenvalue weighted by atomic mass is 16.1. The van der Waals surface area contributed by atoms with E-state index < -0.39 is 0 Å². The Morgan fingerprint density at radius 2 is 2.43 bits per heavy atom. The molecule has 1 aromatic heterocycles. The average Bonchev–Trinajstić information content (AvgIpc) is 2.60. The number of aromatic nitrogens is 2. The number of nitrogens with two attached hydrogens (primary N) is 1. The van der Waals surface area contributed by atoms with Gasteiger partial charge >= 0.3 is 0 Å². The van der Waals surface area contributed by atoms with Crippen molar-refractivity contribution in [2.24, 2.45) is 12.8 Å². The molecule has 0 aromatic carbocycles. The first-order valence-corrected chi connectivity index (χ1v) is 4.93. The van der Waals surface area contributed by atoms with E-state index in [9.17, 15) is 4.79 Å². The molecule has 0 radical (unpaired) electrons. The third-order valence-corrected chi connectivity index (χ3v) is 2.19. The minimum atomic E-state index is -0.376. The van der Waals surface area contributed by atoms with Gasteiger partial charge in [0.2, 0.25) is 0 Å². The summed E-state index contributed by atoms with van der Waals surface area (Å²) in [5.74, 6) is -0.00782. The van der Waals surface area contributed by atoms with E-state index in [1.807, 2.05) is 0 Å². The summed E-state index contributed by atoms with van der Waals surface area (Å²) in [6.45, 7) is 2.08. The highest BCUT2D eigenvalue weighted by Crippen LogP contribution is 2.06. The fourth-order valence-corrected chi connectivity index (χ4v) is 1.32. The maximum Gasteiger partial charge on any atom is 0.182 e. The largest absolute Gasteiger partial charge is 0.321 e. The molecule has 0 aliphatic heterocycles. The van der Waals surface area contributed by atoms with Crippen molar-refractivity contribution < 1.29 is 4.79 Å². The van der Waals surface area contributed by atoms with E-state index >= 15 is 0 Å². The van der Waals surface area contributed by atoms with Crippen molar-refractivity contribution in [2.45, 2.75) is 32.2 Å². The van der Waals surface area contributed by atoms with Crippen LogP contribution in [0.15, 0.2) is 12.4 Å². The van der Waals surface area contributed by atoms with Crippen LogP contribution in [-0.4, -0.2) is 21.6 Å². The average molecular weight is 195 g/mol. The van der Waals surface area contributed by atoms with Crippen molar-refractivity contribution in [3.05, 3.63) is 18.0 Å². The molecule has 1 unspecified atom stereocenters. The van der Waals surface area contributed by atoms with Gasteiger partial charge in [0.25, 0.3) is 0 Å². The van der Waals surface area contributed by atoms with E-state index in [-0.39, 0.29) is 11.8 Å². The van der Waals surface area contributed by atoms with Crippen LogP contribution in [0.3, 0.4) is 0 Å². The van der Waals surface area contributed by atoms with Crippen molar-refractivity contribution in [2.75, 3.05) is 0 Å². The van der Waals surface area contributed by atoms with Crippen LogP contribution in [0.5, 0.6) is 0 Å². The Kier molecular flexibility index (Phi) is 3.83. The number of ketones is 1. The zero-order valence-electron chi connectivity index (χ0n) is 8.73. The molecule has 0 spiro atoms.